The molecule has 1 heteroatoms. The van der Waals surface area contributed by atoms with Crippen molar-refractivity contribution in [2.75, 3.05) is 6.54 Å². The Labute approximate surface area is 144 Å². The molecule has 0 aromatic heterocycles. The molecule has 1 atom stereocenters. The summed E-state index contributed by atoms with van der Waals surface area (Å²) in [4.78, 5) is 0. The van der Waals surface area contributed by atoms with Crippen LogP contribution < -0.4 is 5.73 Å². The molecule has 128 valence electrons. The first-order chi connectivity index (χ1) is 11.1. The summed E-state index contributed by atoms with van der Waals surface area (Å²) in [6, 6.07) is 6.50. The summed E-state index contributed by atoms with van der Waals surface area (Å²) < 4.78 is 0. The lowest BCUT2D eigenvalue weighted by atomic mass is 9.92. The second-order valence-corrected chi connectivity index (χ2v) is 5.69. The zero-order chi connectivity index (χ0) is 17.7. The zero-order valence-corrected chi connectivity index (χ0v) is 15.7. The third-order valence-corrected chi connectivity index (χ3v) is 3.88. The highest BCUT2D eigenvalue weighted by molar-refractivity contribution is 5.75. The Morgan fingerprint density at radius 1 is 1.26 bits per heavy atom. The SMILES string of the molecule is C=C(/C=C\C=C/CC)c1cccc(CCC(C)CN)c1C.CC. The van der Waals surface area contributed by atoms with Gasteiger partial charge in [-0.2, -0.15) is 0 Å². The highest BCUT2D eigenvalue weighted by Gasteiger charge is 2.07. The van der Waals surface area contributed by atoms with E-state index in [-0.39, 0.29) is 0 Å². The maximum Gasteiger partial charge on any atom is -0.00514 e. The van der Waals surface area contributed by atoms with Crippen molar-refractivity contribution in [3.63, 3.8) is 0 Å². The second kappa shape index (κ2) is 12.9. The minimum absolute atomic E-state index is 0.579. The fraction of sp³-hybridized carbons (Fsp3) is 0.455. The van der Waals surface area contributed by atoms with Crippen molar-refractivity contribution in [2.45, 2.75) is 53.9 Å². The van der Waals surface area contributed by atoms with Crippen molar-refractivity contribution in [1.29, 1.82) is 0 Å². The zero-order valence-electron chi connectivity index (χ0n) is 15.7. The van der Waals surface area contributed by atoms with Crippen LogP contribution in [0.2, 0.25) is 0 Å². The number of allylic oxidation sites excluding steroid dienone is 5. The van der Waals surface area contributed by atoms with Crippen LogP contribution in [0.3, 0.4) is 0 Å². The van der Waals surface area contributed by atoms with Crippen molar-refractivity contribution in [3.05, 3.63) is 65.8 Å². The molecule has 0 aliphatic carbocycles. The van der Waals surface area contributed by atoms with E-state index in [9.17, 15) is 0 Å². The first-order valence-corrected chi connectivity index (χ1v) is 8.91. The first-order valence-electron chi connectivity index (χ1n) is 8.91. The van der Waals surface area contributed by atoms with Gasteiger partial charge in [-0.3, -0.25) is 0 Å². The van der Waals surface area contributed by atoms with Crippen LogP contribution in [0.15, 0.2) is 49.1 Å². The molecule has 0 saturated heterocycles. The number of aryl methyl sites for hydroxylation is 1. The fourth-order valence-electron chi connectivity index (χ4n) is 2.30. The first kappa shape index (κ1) is 21.4. The van der Waals surface area contributed by atoms with Gasteiger partial charge in [-0.1, -0.05) is 76.8 Å². The van der Waals surface area contributed by atoms with E-state index in [0.29, 0.717) is 5.92 Å². The number of hydrogen-bond acceptors (Lipinski definition) is 1. The van der Waals surface area contributed by atoms with E-state index in [1.807, 2.05) is 13.8 Å². The molecule has 1 nitrogen and oxygen atoms in total. The van der Waals surface area contributed by atoms with Crippen LogP contribution in [0, 0.1) is 12.8 Å². The molecule has 0 aliphatic heterocycles. The molecule has 1 unspecified atom stereocenters. The summed E-state index contributed by atoms with van der Waals surface area (Å²) in [5.41, 5.74) is 10.8. The van der Waals surface area contributed by atoms with Gasteiger partial charge in [0.2, 0.25) is 0 Å². The van der Waals surface area contributed by atoms with Crippen molar-refractivity contribution in [3.8, 4) is 0 Å². The van der Waals surface area contributed by atoms with Gasteiger partial charge < -0.3 is 5.73 Å². The Hall–Kier alpha value is -1.60. The van der Waals surface area contributed by atoms with Crippen molar-refractivity contribution >= 4 is 5.57 Å². The molecular weight excluding hydrogens is 278 g/mol. The van der Waals surface area contributed by atoms with Crippen LogP contribution in [-0.4, -0.2) is 6.54 Å². The molecule has 0 saturated carbocycles. The smallest absolute Gasteiger partial charge is 0.00514 e. The van der Waals surface area contributed by atoms with Gasteiger partial charge in [0.05, 0.1) is 0 Å². The largest absolute Gasteiger partial charge is 0.330 e. The minimum Gasteiger partial charge on any atom is -0.330 e. The number of benzene rings is 1. The molecular formula is C22H35N. The topological polar surface area (TPSA) is 26.0 Å². The van der Waals surface area contributed by atoms with Crippen LogP contribution in [0.1, 0.15) is 57.2 Å². The normalized spacial score (nSPS) is 12.3. The number of hydrogen-bond donors (Lipinski definition) is 1. The van der Waals surface area contributed by atoms with E-state index in [1.54, 1.807) is 0 Å². The van der Waals surface area contributed by atoms with Gasteiger partial charge in [-0.15, -0.1) is 0 Å². The Bertz CT molecular complexity index is 509. The molecule has 0 fully saturated rings. The predicted molar refractivity (Wildman–Crippen MR) is 107 cm³/mol. The third kappa shape index (κ3) is 7.99. The highest BCUT2D eigenvalue weighted by atomic mass is 14.5. The predicted octanol–water partition coefficient (Wildman–Crippen LogP) is 6.08. The number of nitrogens with two attached hydrogens (primary N) is 1. The lowest BCUT2D eigenvalue weighted by molar-refractivity contribution is 0.544. The third-order valence-electron chi connectivity index (χ3n) is 3.88. The standard InChI is InChI=1S/C20H29N.C2H6/c1-5-6-7-8-10-17(3)20-12-9-11-19(18(20)4)14-13-16(2)15-21;1-2/h6-12,16H,3,5,13-15,21H2,1-2,4H3;1-2H3/b7-6-,10-8-;. The van der Waals surface area contributed by atoms with E-state index in [1.165, 1.54) is 16.7 Å². The van der Waals surface area contributed by atoms with Gasteiger partial charge in [-0.05, 0) is 60.9 Å². The van der Waals surface area contributed by atoms with Crippen molar-refractivity contribution in [1.82, 2.24) is 0 Å². The van der Waals surface area contributed by atoms with E-state index in [4.69, 9.17) is 5.73 Å². The van der Waals surface area contributed by atoms with E-state index in [0.717, 1.165) is 31.4 Å². The average molecular weight is 314 g/mol. The molecule has 1 rings (SSSR count). The lowest BCUT2D eigenvalue weighted by Crippen LogP contribution is -2.11. The van der Waals surface area contributed by atoms with Crippen LogP contribution in [-0.2, 0) is 6.42 Å². The van der Waals surface area contributed by atoms with Crippen LogP contribution in [0.4, 0.5) is 0 Å². The van der Waals surface area contributed by atoms with Crippen molar-refractivity contribution < 1.29 is 0 Å². The van der Waals surface area contributed by atoms with E-state index in [2.05, 4.69) is 69.9 Å². The van der Waals surface area contributed by atoms with Gasteiger partial charge in [-0.25, -0.2) is 0 Å². The summed E-state index contributed by atoms with van der Waals surface area (Å²) in [6.07, 6.45) is 11.7. The molecule has 0 radical (unpaired) electrons. The molecule has 1 aromatic rings. The summed E-state index contributed by atoms with van der Waals surface area (Å²) in [6.45, 7) is 15.5. The molecule has 1 aromatic carbocycles. The van der Waals surface area contributed by atoms with E-state index < -0.39 is 0 Å². The second-order valence-electron chi connectivity index (χ2n) is 5.69. The quantitative estimate of drug-likeness (QED) is 0.578. The summed E-state index contributed by atoms with van der Waals surface area (Å²) in [5.74, 6) is 0.579. The van der Waals surface area contributed by atoms with Crippen LogP contribution in [0.5, 0.6) is 0 Å². The van der Waals surface area contributed by atoms with Crippen molar-refractivity contribution in [2.24, 2.45) is 11.7 Å². The van der Waals surface area contributed by atoms with Crippen LogP contribution in [0.25, 0.3) is 5.57 Å². The number of rotatable bonds is 8. The van der Waals surface area contributed by atoms with Crippen LogP contribution >= 0.6 is 0 Å². The Balaban J connectivity index is 0.00000232. The summed E-state index contributed by atoms with van der Waals surface area (Å²) >= 11 is 0. The lowest BCUT2D eigenvalue weighted by Gasteiger charge is -2.13. The molecule has 23 heavy (non-hydrogen) atoms. The molecule has 0 aliphatic rings. The average Bonchev–Trinajstić information content (AvgIpc) is 2.59. The fourth-order valence-corrected chi connectivity index (χ4v) is 2.30. The monoisotopic (exact) mass is 313 g/mol. The molecule has 0 amide bonds. The molecule has 2 N–H and O–H groups in total. The van der Waals surface area contributed by atoms with Gasteiger partial charge in [0.25, 0.3) is 0 Å². The molecule has 0 bridgehead atoms. The maximum atomic E-state index is 5.70. The molecule has 0 spiro atoms. The van der Waals surface area contributed by atoms with Gasteiger partial charge in [0.15, 0.2) is 0 Å². The van der Waals surface area contributed by atoms with E-state index >= 15 is 0 Å². The Kier molecular flexibility index (Phi) is 12.0. The van der Waals surface area contributed by atoms with Gasteiger partial charge >= 0.3 is 0 Å². The highest BCUT2D eigenvalue weighted by Crippen LogP contribution is 2.23. The maximum absolute atomic E-state index is 5.70. The Morgan fingerprint density at radius 3 is 2.57 bits per heavy atom. The minimum atomic E-state index is 0.579. The Morgan fingerprint density at radius 2 is 1.96 bits per heavy atom. The molecule has 0 heterocycles. The van der Waals surface area contributed by atoms with Gasteiger partial charge in [0.1, 0.15) is 0 Å². The summed E-state index contributed by atoms with van der Waals surface area (Å²) in [5, 5.41) is 0. The van der Waals surface area contributed by atoms with Gasteiger partial charge in [0, 0.05) is 0 Å². The summed E-state index contributed by atoms with van der Waals surface area (Å²) in [7, 11) is 0.